The van der Waals surface area contributed by atoms with Gasteiger partial charge in [-0.05, 0) is 25.8 Å². The molecule has 3 nitrogen and oxygen atoms in total. The topological polar surface area (TPSA) is 41.6 Å². The van der Waals surface area contributed by atoms with Crippen molar-refractivity contribution >= 4 is 5.84 Å². The molecule has 15 heavy (non-hydrogen) atoms. The van der Waals surface area contributed by atoms with E-state index in [1.807, 2.05) is 0 Å². The summed E-state index contributed by atoms with van der Waals surface area (Å²) in [6, 6.07) is 0.473. The van der Waals surface area contributed by atoms with E-state index in [9.17, 15) is 0 Å². The van der Waals surface area contributed by atoms with E-state index in [1.54, 1.807) is 0 Å². The molecule has 1 fully saturated rings. The lowest BCUT2D eigenvalue weighted by molar-refractivity contribution is 0.214. The van der Waals surface area contributed by atoms with Gasteiger partial charge >= 0.3 is 0 Å². The molecule has 1 aliphatic heterocycles. The van der Waals surface area contributed by atoms with Crippen LogP contribution in [-0.4, -0.2) is 36.4 Å². The quantitative estimate of drug-likeness (QED) is 0.570. The number of piperidine rings is 1. The van der Waals surface area contributed by atoms with Crippen molar-refractivity contribution in [3.63, 3.8) is 0 Å². The Morgan fingerprint density at radius 1 is 1.40 bits per heavy atom. The van der Waals surface area contributed by atoms with Gasteiger partial charge in [0.15, 0.2) is 0 Å². The van der Waals surface area contributed by atoms with Crippen LogP contribution in [0.1, 0.15) is 40.0 Å². The molecule has 0 aromatic rings. The molecule has 1 rings (SSSR count). The molecular weight excluding hydrogens is 186 g/mol. The predicted molar refractivity (Wildman–Crippen MR) is 66.2 cm³/mol. The van der Waals surface area contributed by atoms with E-state index in [-0.39, 0.29) is 0 Å². The van der Waals surface area contributed by atoms with E-state index in [0.717, 1.165) is 5.84 Å². The highest BCUT2D eigenvalue weighted by molar-refractivity contribution is 5.82. The summed E-state index contributed by atoms with van der Waals surface area (Å²) in [5, 5.41) is 0. The summed E-state index contributed by atoms with van der Waals surface area (Å²) in [7, 11) is 0. The summed E-state index contributed by atoms with van der Waals surface area (Å²) in [6.07, 6.45) is 3.60. The molecule has 0 spiro atoms. The molecule has 2 N–H and O–H groups in total. The van der Waals surface area contributed by atoms with Gasteiger partial charge in [-0.25, -0.2) is 0 Å². The second-order valence-corrected chi connectivity index (χ2v) is 4.78. The van der Waals surface area contributed by atoms with Gasteiger partial charge in [0.05, 0.1) is 11.9 Å². The van der Waals surface area contributed by atoms with E-state index in [2.05, 4.69) is 30.7 Å². The molecule has 1 heterocycles. The van der Waals surface area contributed by atoms with Gasteiger partial charge in [-0.15, -0.1) is 0 Å². The van der Waals surface area contributed by atoms with Crippen molar-refractivity contribution in [1.82, 2.24) is 4.90 Å². The number of nitrogens with zero attached hydrogens (tertiary/aromatic N) is 2. The fourth-order valence-electron chi connectivity index (χ4n) is 1.95. The van der Waals surface area contributed by atoms with Crippen molar-refractivity contribution in [1.29, 1.82) is 0 Å². The minimum Gasteiger partial charge on any atom is -0.387 e. The van der Waals surface area contributed by atoms with Crippen LogP contribution in [0.3, 0.4) is 0 Å². The molecule has 0 bridgehead atoms. The van der Waals surface area contributed by atoms with E-state index >= 15 is 0 Å². The van der Waals surface area contributed by atoms with Crippen LogP contribution in [0.15, 0.2) is 4.99 Å². The molecular formula is C12H25N3. The Labute approximate surface area is 93.7 Å². The van der Waals surface area contributed by atoms with Crippen molar-refractivity contribution in [2.24, 2.45) is 16.6 Å². The Morgan fingerprint density at radius 3 is 2.47 bits per heavy atom. The van der Waals surface area contributed by atoms with Crippen molar-refractivity contribution in [2.45, 2.75) is 46.1 Å². The lowest BCUT2D eigenvalue weighted by Crippen LogP contribution is -2.36. The minimum atomic E-state index is 0.388. The largest absolute Gasteiger partial charge is 0.387 e. The van der Waals surface area contributed by atoms with Crippen LogP contribution in [0.2, 0.25) is 0 Å². The van der Waals surface area contributed by atoms with Crippen LogP contribution in [0.25, 0.3) is 0 Å². The number of amidine groups is 1. The van der Waals surface area contributed by atoms with Crippen LogP contribution >= 0.6 is 0 Å². The van der Waals surface area contributed by atoms with E-state index in [0.29, 0.717) is 12.0 Å². The first kappa shape index (κ1) is 12.5. The number of nitrogens with two attached hydrogens (primary N) is 1. The van der Waals surface area contributed by atoms with Crippen molar-refractivity contribution in [3.05, 3.63) is 0 Å². The molecule has 1 saturated heterocycles. The zero-order valence-electron chi connectivity index (χ0n) is 10.4. The first-order valence-corrected chi connectivity index (χ1v) is 6.19. The number of hydrogen-bond acceptors (Lipinski definition) is 2. The van der Waals surface area contributed by atoms with Crippen LogP contribution < -0.4 is 5.73 Å². The lowest BCUT2D eigenvalue weighted by Gasteiger charge is -2.30. The molecule has 1 aliphatic rings. The van der Waals surface area contributed by atoms with Crippen molar-refractivity contribution in [2.75, 3.05) is 19.6 Å². The maximum atomic E-state index is 5.88. The summed E-state index contributed by atoms with van der Waals surface area (Å²) in [4.78, 5) is 7.12. The van der Waals surface area contributed by atoms with Gasteiger partial charge in [0.1, 0.15) is 0 Å². The summed E-state index contributed by atoms with van der Waals surface area (Å²) in [5.74, 6) is 1.21. The Kier molecular flexibility index (Phi) is 5.09. The summed E-state index contributed by atoms with van der Waals surface area (Å²) in [5.41, 5.74) is 5.88. The average molecular weight is 211 g/mol. The maximum absolute atomic E-state index is 5.88. The molecule has 0 saturated carbocycles. The second kappa shape index (κ2) is 6.11. The van der Waals surface area contributed by atoms with Gasteiger partial charge in [0.25, 0.3) is 0 Å². The molecule has 3 heteroatoms. The Bertz CT molecular complexity index is 203. The van der Waals surface area contributed by atoms with Crippen LogP contribution in [-0.2, 0) is 0 Å². The van der Waals surface area contributed by atoms with Crippen LogP contribution in [0.4, 0.5) is 0 Å². The smallest absolute Gasteiger partial charge is 0.0966 e. The van der Waals surface area contributed by atoms with E-state index < -0.39 is 0 Å². The molecule has 0 atom stereocenters. The fourth-order valence-corrected chi connectivity index (χ4v) is 1.95. The average Bonchev–Trinajstić information content (AvgIpc) is 2.21. The monoisotopic (exact) mass is 211 g/mol. The minimum absolute atomic E-state index is 0.388. The molecule has 0 unspecified atom stereocenters. The first-order chi connectivity index (χ1) is 7.13. The maximum Gasteiger partial charge on any atom is 0.0966 e. The summed E-state index contributed by atoms with van der Waals surface area (Å²) < 4.78 is 0. The summed E-state index contributed by atoms with van der Waals surface area (Å²) in [6.45, 7) is 10.0. The number of likely N-dealkylation sites (tertiary alicyclic amines) is 1. The Hall–Kier alpha value is -0.570. The normalized spacial score (nSPS) is 21.2. The first-order valence-electron chi connectivity index (χ1n) is 6.19. The SMILES string of the molecule is CCCN1CCC(N=C(N)C(C)C)CC1. The Morgan fingerprint density at radius 2 is 2.00 bits per heavy atom. The van der Waals surface area contributed by atoms with Gasteiger partial charge in [0, 0.05) is 19.0 Å². The van der Waals surface area contributed by atoms with Crippen molar-refractivity contribution < 1.29 is 0 Å². The molecule has 0 amide bonds. The standard InChI is InChI=1S/C12H25N3/c1-4-7-15-8-5-11(6-9-15)14-12(13)10(2)3/h10-11H,4-9H2,1-3H3,(H2,13,14). The number of hydrogen-bond donors (Lipinski definition) is 1. The molecule has 0 aliphatic carbocycles. The third-order valence-corrected chi connectivity index (χ3v) is 3.02. The van der Waals surface area contributed by atoms with E-state index in [1.165, 1.54) is 38.9 Å². The molecule has 0 aromatic carbocycles. The number of aliphatic imine (C=N–C) groups is 1. The Balaban J connectivity index is 2.34. The molecule has 88 valence electrons. The molecule has 0 radical (unpaired) electrons. The van der Waals surface area contributed by atoms with Crippen molar-refractivity contribution in [3.8, 4) is 0 Å². The van der Waals surface area contributed by atoms with Gasteiger partial charge in [-0.2, -0.15) is 0 Å². The fraction of sp³-hybridized carbons (Fsp3) is 0.917. The van der Waals surface area contributed by atoms with E-state index in [4.69, 9.17) is 5.73 Å². The highest BCUT2D eigenvalue weighted by Gasteiger charge is 2.18. The highest BCUT2D eigenvalue weighted by atomic mass is 15.1. The second-order valence-electron chi connectivity index (χ2n) is 4.78. The molecule has 0 aromatic heterocycles. The van der Waals surface area contributed by atoms with Gasteiger partial charge in [-0.1, -0.05) is 20.8 Å². The zero-order valence-corrected chi connectivity index (χ0v) is 10.4. The van der Waals surface area contributed by atoms with Crippen LogP contribution in [0, 0.1) is 5.92 Å². The van der Waals surface area contributed by atoms with Gasteiger partial charge in [-0.3, -0.25) is 4.99 Å². The third kappa shape index (κ3) is 4.20. The summed E-state index contributed by atoms with van der Waals surface area (Å²) >= 11 is 0. The van der Waals surface area contributed by atoms with Gasteiger partial charge in [0.2, 0.25) is 0 Å². The van der Waals surface area contributed by atoms with Crippen LogP contribution in [0.5, 0.6) is 0 Å². The predicted octanol–water partition coefficient (Wildman–Crippen LogP) is 1.87. The highest BCUT2D eigenvalue weighted by Crippen LogP contribution is 2.14. The van der Waals surface area contributed by atoms with Gasteiger partial charge < -0.3 is 10.6 Å². The zero-order chi connectivity index (χ0) is 11.3. The lowest BCUT2D eigenvalue weighted by atomic mass is 10.0. The number of rotatable bonds is 4. The third-order valence-electron chi connectivity index (χ3n) is 3.02.